The summed E-state index contributed by atoms with van der Waals surface area (Å²) in [6.07, 6.45) is 1.74. The molecule has 1 aliphatic rings. The number of aromatic nitrogens is 1. The first-order valence-electron chi connectivity index (χ1n) is 15.5. The van der Waals surface area contributed by atoms with Gasteiger partial charge in [-0.15, -0.1) is 0 Å². The van der Waals surface area contributed by atoms with Gasteiger partial charge in [-0.25, -0.2) is 9.79 Å². The predicted octanol–water partition coefficient (Wildman–Crippen LogP) is 6.58. The number of fused-ring (bicyclic) bond motifs is 1. The summed E-state index contributed by atoms with van der Waals surface area (Å²) in [5.41, 5.74) is 3.48. The van der Waals surface area contributed by atoms with Gasteiger partial charge in [-0.2, -0.15) is 0 Å². The number of ether oxygens (including phenoxy) is 4. The van der Waals surface area contributed by atoms with Crippen molar-refractivity contribution in [3.8, 4) is 17.2 Å². The molecular formula is C38H33ClN2O6S. The average molecular weight is 681 g/mol. The van der Waals surface area contributed by atoms with Crippen LogP contribution in [-0.4, -0.2) is 30.9 Å². The number of hydrogen-bond donors (Lipinski definition) is 0. The maximum absolute atomic E-state index is 14.3. The maximum atomic E-state index is 14.3. The largest absolute Gasteiger partial charge is 0.494 e. The highest BCUT2D eigenvalue weighted by molar-refractivity contribution is 7.07. The number of thiazole rings is 1. The predicted molar refractivity (Wildman–Crippen MR) is 187 cm³/mol. The van der Waals surface area contributed by atoms with Gasteiger partial charge in [-0.3, -0.25) is 9.36 Å². The summed E-state index contributed by atoms with van der Waals surface area (Å²) in [5, 5.41) is 0.340. The number of rotatable bonds is 11. The number of methoxy groups -OCH3 is 1. The number of carbonyl (C=O) groups is 1. The summed E-state index contributed by atoms with van der Waals surface area (Å²) in [5.74, 6) is 0.973. The number of nitrogens with zero attached hydrogens (tertiary/aromatic N) is 2. The molecule has 244 valence electrons. The molecule has 0 bridgehead atoms. The van der Waals surface area contributed by atoms with Gasteiger partial charge in [-0.05, 0) is 60.9 Å². The molecule has 4 aromatic carbocycles. The molecule has 0 fully saturated rings. The third kappa shape index (κ3) is 6.79. The molecule has 0 saturated carbocycles. The smallest absolute Gasteiger partial charge is 0.338 e. The highest BCUT2D eigenvalue weighted by Gasteiger charge is 2.35. The molecule has 0 radical (unpaired) electrons. The normalized spacial score (nSPS) is 14.2. The van der Waals surface area contributed by atoms with E-state index in [0.717, 1.165) is 11.1 Å². The van der Waals surface area contributed by atoms with Crippen molar-refractivity contribution >= 4 is 40.7 Å². The van der Waals surface area contributed by atoms with E-state index in [9.17, 15) is 9.59 Å². The van der Waals surface area contributed by atoms with E-state index in [4.69, 9.17) is 35.5 Å². The molecule has 8 nitrogen and oxygen atoms in total. The molecule has 6 rings (SSSR count). The number of esters is 1. The Hall–Kier alpha value is -5.12. The second-order valence-electron chi connectivity index (χ2n) is 10.7. The van der Waals surface area contributed by atoms with Crippen molar-refractivity contribution in [3.63, 3.8) is 0 Å². The molecule has 10 heteroatoms. The third-order valence-electron chi connectivity index (χ3n) is 7.66. The van der Waals surface area contributed by atoms with E-state index in [1.807, 2.05) is 91.9 Å². The van der Waals surface area contributed by atoms with Crippen LogP contribution in [-0.2, 0) is 16.1 Å². The summed E-state index contributed by atoms with van der Waals surface area (Å²) in [6.45, 7) is 4.65. The quantitative estimate of drug-likeness (QED) is 0.147. The van der Waals surface area contributed by atoms with Crippen LogP contribution in [0.5, 0.6) is 17.2 Å². The molecule has 0 aliphatic carbocycles. The summed E-state index contributed by atoms with van der Waals surface area (Å²) >= 11 is 7.93. The zero-order valence-corrected chi connectivity index (χ0v) is 28.2. The molecule has 48 heavy (non-hydrogen) atoms. The van der Waals surface area contributed by atoms with Crippen LogP contribution in [0.25, 0.3) is 11.8 Å². The number of benzene rings is 4. The van der Waals surface area contributed by atoms with E-state index in [1.165, 1.54) is 18.4 Å². The van der Waals surface area contributed by atoms with Crippen LogP contribution in [0.3, 0.4) is 0 Å². The van der Waals surface area contributed by atoms with Gasteiger partial charge in [0.05, 0.1) is 47.2 Å². The first-order chi connectivity index (χ1) is 23.4. The molecule has 1 aliphatic heterocycles. The number of carbonyl (C=O) groups excluding carboxylic acids is 1. The Balaban J connectivity index is 1.50. The molecule has 5 aromatic rings. The fourth-order valence-electron chi connectivity index (χ4n) is 5.51. The lowest BCUT2D eigenvalue weighted by atomic mass is 9.93. The van der Waals surface area contributed by atoms with E-state index in [-0.39, 0.29) is 17.7 Å². The standard InChI is InChI=1S/C38H33ClN2O6S/c1-4-45-28-18-16-27(17-19-28)34-32(37(43)46-5-2)33(26-14-10-7-11-15-26)40-38-41(34)36(42)31(48-38)22-25-20-29(39)35(30(21-25)44-3)47-23-24-12-8-6-9-13-24/h6-22,34H,4-5,23H2,1-3H3/b31-22-/t34-/m0/s1. The fourth-order valence-corrected chi connectivity index (χ4v) is 6.79. The van der Waals surface area contributed by atoms with Crippen molar-refractivity contribution < 1.29 is 23.7 Å². The van der Waals surface area contributed by atoms with Gasteiger partial charge in [0.2, 0.25) is 0 Å². The van der Waals surface area contributed by atoms with Crippen molar-refractivity contribution in [2.45, 2.75) is 26.5 Å². The monoisotopic (exact) mass is 680 g/mol. The summed E-state index contributed by atoms with van der Waals surface area (Å²) in [6, 6.07) is 29.3. The molecule has 0 spiro atoms. The Morgan fingerprint density at radius 1 is 0.938 bits per heavy atom. The van der Waals surface area contributed by atoms with Gasteiger partial charge < -0.3 is 18.9 Å². The molecule has 0 saturated heterocycles. The Morgan fingerprint density at radius 3 is 2.31 bits per heavy atom. The van der Waals surface area contributed by atoms with Gasteiger partial charge in [0, 0.05) is 5.56 Å². The van der Waals surface area contributed by atoms with Crippen molar-refractivity contribution in [2.75, 3.05) is 20.3 Å². The topological polar surface area (TPSA) is 88.4 Å². The lowest BCUT2D eigenvalue weighted by Gasteiger charge is -2.26. The van der Waals surface area contributed by atoms with Gasteiger partial charge in [0.15, 0.2) is 16.3 Å². The molecule has 0 amide bonds. The van der Waals surface area contributed by atoms with Crippen molar-refractivity contribution in [1.82, 2.24) is 4.57 Å². The van der Waals surface area contributed by atoms with E-state index in [1.54, 1.807) is 29.7 Å². The van der Waals surface area contributed by atoms with Crippen molar-refractivity contribution in [2.24, 2.45) is 4.99 Å². The van der Waals surface area contributed by atoms with Gasteiger partial charge in [0.25, 0.3) is 5.56 Å². The first-order valence-corrected chi connectivity index (χ1v) is 16.7. The van der Waals surface area contributed by atoms with E-state index < -0.39 is 12.0 Å². The van der Waals surface area contributed by atoms with E-state index in [0.29, 0.717) is 61.6 Å². The van der Waals surface area contributed by atoms with Crippen LogP contribution < -0.4 is 29.1 Å². The van der Waals surface area contributed by atoms with Crippen molar-refractivity contribution in [3.05, 3.63) is 150 Å². The summed E-state index contributed by atoms with van der Waals surface area (Å²) in [4.78, 5) is 33.4. The van der Waals surface area contributed by atoms with E-state index in [2.05, 4.69) is 0 Å². The minimum atomic E-state index is -0.805. The van der Waals surface area contributed by atoms with Crippen LogP contribution in [0, 0.1) is 0 Å². The SMILES string of the molecule is CCOC(=O)C1=C(c2ccccc2)N=c2s/c(=C\c3cc(Cl)c(OCc4ccccc4)c(OC)c3)c(=O)n2[C@H]1c1ccc(OCC)cc1. The minimum Gasteiger partial charge on any atom is -0.494 e. The lowest BCUT2D eigenvalue weighted by Crippen LogP contribution is -2.40. The molecule has 1 aromatic heterocycles. The minimum absolute atomic E-state index is 0.165. The second-order valence-corrected chi connectivity index (χ2v) is 12.2. The van der Waals surface area contributed by atoms with Crippen LogP contribution >= 0.6 is 22.9 Å². The molecular weight excluding hydrogens is 648 g/mol. The zero-order valence-electron chi connectivity index (χ0n) is 26.6. The van der Waals surface area contributed by atoms with Gasteiger partial charge in [-0.1, -0.05) is 95.7 Å². The van der Waals surface area contributed by atoms with Crippen molar-refractivity contribution in [1.29, 1.82) is 0 Å². The highest BCUT2D eigenvalue weighted by atomic mass is 35.5. The molecule has 0 unspecified atom stereocenters. The van der Waals surface area contributed by atoms with Gasteiger partial charge >= 0.3 is 5.97 Å². The van der Waals surface area contributed by atoms with Crippen LogP contribution in [0.15, 0.2) is 112 Å². The molecule has 1 atom stereocenters. The number of halogens is 1. The van der Waals surface area contributed by atoms with Crippen LogP contribution in [0.2, 0.25) is 5.02 Å². The van der Waals surface area contributed by atoms with Crippen LogP contribution in [0.4, 0.5) is 0 Å². The zero-order chi connectivity index (χ0) is 33.6. The first kappa shape index (κ1) is 32.8. The fraction of sp³-hybridized carbons (Fsp3) is 0.184. The Morgan fingerprint density at radius 2 is 1.65 bits per heavy atom. The van der Waals surface area contributed by atoms with Gasteiger partial charge in [0.1, 0.15) is 12.4 Å². The summed E-state index contributed by atoms with van der Waals surface area (Å²) in [7, 11) is 1.54. The average Bonchev–Trinajstić information content (AvgIpc) is 3.42. The Kier molecular flexibility index (Phi) is 10.1. The number of hydrogen-bond acceptors (Lipinski definition) is 8. The maximum Gasteiger partial charge on any atom is 0.338 e. The third-order valence-corrected chi connectivity index (χ3v) is 8.92. The summed E-state index contributed by atoms with van der Waals surface area (Å²) < 4.78 is 24.8. The van der Waals surface area contributed by atoms with E-state index >= 15 is 0 Å². The molecule has 0 N–H and O–H groups in total. The lowest BCUT2D eigenvalue weighted by molar-refractivity contribution is -0.138. The highest BCUT2D eigenvalue weighted by Crippen LogP contribution is 2.38. The molecule has 2 heterocycles. The Bertz CT molecular complexity index is 2140. The Labute approximate surface area is 286 Å². The second kappa shape index (κ2) is 14.8. The van der Waals surface area contributed by atoms with Crippen LogP contribution in [0.1, 0.15) is 42.1 Å².